The van der Waals surface area contributed by atoms with E-state index in [9.17, 15) is 14.9 Å². The first-order valence-electron chi connectivity index (χ1n) is 5.42. The first kappa shape index (κ1) is 13.3. The second kappa shape index (κ2) is 5.23. The lowest BCUT2D eigenvalue weighted by Crippen LogP contribution is -2.16. The van der Waals surface area contributed by atoms with Crippen molar-refractivity contribution in [1.82, 2.24) is 4.90 Å². The summed E-state index contributed by atoms with van der Waals surface area (Å²) in [4.78, 5) is 27.9. The smallest absolute Gasteiger partial charge is 0.286 e. The second-order valence-corrected chi connectivity index (χ2v) is 5.06. The molecule has 0 aromatic heterocycles. The van der Waals surface area contributed by atoms with Crippen LogP contribution in [0.3, 0.4) is 0 Å². The number of nitrogens with zero attached hydrogens (tertiary/aromatic N) is 3. The predicted molar refractivity (Wildman–Crippen MR) is 74.8 cm³/mol. The molecule has 1 amide bonds. The van der Waals surface area contributed by atoms with Crippen LogP contribution in [0.25, 0.3) is 6.08 Å². The highest BCUT2D eigenvalue weighted by Crippen LogP contribution is 2.29. The number of hydrogen-bond acceptors (Lipinski definition) is 5. The maximum absolute atomic E-state index is 11.7. The number of nitro benzene ring substituents is 1. The molecule has 0 saturated heterocycles. The maximum atomic E-state index is 11.7. The highest BCUT2D eigenvalue weighted by atomic mass is 32.2. The molecule has 1 aliphatic rings. The van der Waals surface area contributed by atoms with Crippen LogP contribution in [0, 0.1) is 10.1 Å². The van der Waals surface area contributed by atoms with Crippen LogP contribution < -0.4 is 0 Å². The average molecular weight is 277 g/mol. The Kier molecular flexibility index (Phi) is 3.66. The van der Waals surface area contributed by atoms with Crippen molar-refractivity contribution in [2.45, 2.75) is 0 Å². The Balaban J connectivity index is 2.19. The fraction of sp³-hybridized carbons (Fsp3) is 0.167. The van der Waals surface area contributed by atoms with Crippen LogP contribution in [-0.4, -0.2) is 35.0 Å². The first-order valence-corrected chi connectivity index (χ1v) is 6.23. The standard InChI is InChI=1S/C12H11N3O3S/c1-14(2)12-13-11(16)10(19-12)7-8-3-5-9(6-4-8)15(17)18/h3-7H,1-2H3/b10-7-. The zero-order chi connectivity index (χ0) is 14.0. The number of carbonyl (C=O) groups excluding carboxylic acids is 1. The molecule has 0 saturated carbocycles. The van der Waals surface area contributed by atoms with Crippen molar-refractivity contribution in [3.8, 4) is 0 Å². The van der Waals surface area contributed by atoms with E-state index in [1.165, 1.54) is 23.9 Å². The molecule has 98 valence electrons. The zero-order valence-corrected chi connectivity index (χ0v) is 11.2. The van der Waals surface area contributed by atoms with Gasteiger partial charge in [-0.1, -0.05) is 0 Å². The minimum atomic E-state index is -0.459. The summed E-state index contributed by atoms with van der Waals surface area (Å²) in [5.41, 5.74) is 0.759. The number of benzene rings is 1. The molecule has 7 heteroatoms. The van der Waals surface area contributed by atoms with E-state index in [1.54, 1.807) is 23.1 Å². The lowest BCUT2D eigenvalue weighted by atomic mass is 10.2. The minimum Gasteiger partial charge on any atom is -0.357 e. The van der Waals surface area contributed by atoms with Crippen LogP contribution in [0.4, 0.5) is 5.69 Å². The van der Waals surface area contributed by atoms with E-state index in [1.807, 2.05) is 14.1 Å². The number of thioether (sulfide) groups is 1. The molecule has 2 rings (SSSR count). The summed E-state index contributed by atoms with van der Waals surface area (Å²) in [6.45, 7) is 0. The molecular formula is C12H11N3O3S. The van der Waals surface area contributed by atoms with Crippen molar-refractivity contribution < 1.29 is 9.72 Å². The van der Waals surface area contributed by atoms with Gasteiger partial charge in [0.2, 0.25) is 0 Å². The molecule has 0 atom stereocenters. The quantitative estimate of drug-likeness (QED) is 0.470. The van der Waals surface area contributed by atoms with E-state index in [2.05, 4.69) is 4.99 Å². The van der Waals surface area contributed by atoms with Crippen molar-refractivity contribution >= 4 is 34.6 Å². The van der Waals surface area contributed by atoms with Gasteiger partial charge in [-0.25, -0.2) is 0 Å². The number of rotatable bonds is 2. The van der Waals surface area contributed by atoms with Crippen molar-refractivity contribution in [2.24, 2.45) is 4.99 Å². The third kappa shape index (κ3) is 3.00. The summed E-state index contributed by atoms with van der Waals surface area (Å²) in [6.07, 6.45) is 1.68. The maximum Gasteiger partial charge on any atom is 0.286 e. The number of amides is 1. The van der Waals surface area contributed by atoms with Crippen LogP contribution in [0.5, 0.6) is 0 Å². The molecule has 19 heavy (non-hydrogen) atoms. The fourth-order valence-electron chi connectivity index (χ4n) is 1.43. The predicted octanol–water partition coefficient (Wildman–Crippen LogP) is 2.13. The Bertz CT molecular complexity index is 591. The number of carbonyl (C=O) groups is 1. The van der Waals surface area contributed by atoms with Gasteiger partial charge in [-0.2, -0.15) is 4.99 Å². The summed E-state index contributed by atoms with van der Waals surface area (Å²) in [6, 6.07) is 6.02. The van der Waals surface area contributed by atoms with Gasteiger partial charge in [0.25, 0.3) is 11.6 Å². The van der Waals surface area contributed by atoms with E-state index >= 15 is 0 Å². The van der Waals surface area contributed by atoms with Crippen LogP contribution in [0.2, 0.25) is 0 Å². The summed E-state index contributed by atoms with van der Waals surface area (Å²) >= 11 is 1.29. The highest BCUT2D eigenvalue weighted by molar-refractivity contribution is 8.18. The van der Waals surface area contributed by atoms with E-state index in [-0.39, 0.29) is 11.6 Å². The molecule has 1 heterocycles. The molecule has 0 fully saturated rings. The molecule has 1 aromatic carbocycles. The van der Waals surface area contributed by atoms with E-state index in [0.717, 1.165) is 5.56 Å². The molecular weight excluding hydrogens is 266 g/mol. The Morgan fingerprint density at radius 1 is 1.32 bits per heavy atom. The molecule has 0 N–H and O–H groups in total. The van der Waals surface area contributed by atoms with Crippen molar-refractivity contribution in [3.63, 3.8) is 0 Å². The second-order valence-electron chi connectivity index (χ2n) is 4.05. The average Bonchev–Trinajstić information content (AvgIpc) is 2.72. The molecule has 6 nitrogen and oxygen atoms in total. The third-order valence-electron chi connectivity index (χ3n) is 2.39. The normalized spacial score (nSPS) is 16.6. The topological polar surface area (TPSA) is 75.8 Å². The van der Waals surface area contributed by atoms with E-state index < -0.39 is 4.92 Å². The fourth-order valence-corrected chi connectivity index (χ4v) is 2.27. The lowest BCUT2D eigenvalue weighted by molar-refractivity contribution is -0.384. The lowest BCUT2D eigenvalue weighted by Gasteiger charge is -2.08. The number of non-ortho nitro benzene ring substituents is 1. The molecule has 0 bridgehead atoms. The van der Waals surface area contributed by atoms with Gasteiger partial charge in [0.15, 0.2) is 5.17 Å². The van der Waals surface area contributed by atoms with Gasteiger partial charge >= 0.3 is 0 Å². The van der Waals surface area contributed by atoms with Gasteiger partial charge in [-0.15, -0.1) is 0 Å². The van der Waals surface area contributed by atoms with Crippen molar-refractivity contribution in [1.29, 1.82) is 0 Å². The van der Waals surface area contributed by atoms with Crippen LogP contribution in [-0.2, 0) is 4.79 Å². The van der Waals surface area contributed by atoms with Crippen molar-refractivity contribution in [2.75, 3.05) is 14.1 Å². The Hall–Kier alpha value is -2.15. The van der Waals surface area contributed by atoms with Crippen molar-refractivity contribution in [3.05, 3.63) is 44.8 Å². The zero-order valence-electron chi connectivity index (χ0n) is 10.4. The van der Waals surface area contributed by atoms with Gasteiger partial charge in [-0.05, 0) is 35.5 Å². The number of hydrogen-bond donors (Lipinski definition) is 0. The largest absolute Gasteiger partial charge is 0.357 e. The number of nitro groups is 1. The minimum absolute atomic E-state index is 0.0257. The SMILES string of the molecule is CN(C)C1=NC(=O)/C(=C/c2ccc([N+](=O)[O-])cc2)S1. The van der Waals surface area contributed by atoms with E-state index in [4.69, 9.17) is 0 Å². The summed E-state index contributed by atoms with van der Waals surface area (Å²) < 4.78 is 0. The number of amidine groups is 1. The monoisotopic (exact) mass is 277 g/mol. The summed E-state index contributed by atoms with van der Waals surface area (Å²) in [7, 11) is 3.63. The molecule has 0 radical (unpaired) electrons. The summed E-state index contributed by atoms with van der Waals surface area (Å²) in [5.74, 6) is -0.285. The van der Waals surface area contributed by atoms with Crippen LogP contribution in [0.1, 0.15) is 5.56 Å². The van der Waals surface area contributed by atoms with Gasteiger partial charge in [0.05, 0.1) is 9.83 Å². The van der Waals surface area contributed by atoms with Gasteiger partial charge in [0, 0.05) is 26.2 Å². The van der Waals surface area contributed by atoms with Gasteiger partial charge < -0.3 is 4.90 Å². The highest BCUT2D eigenvalue weighted by Gasteiger charge is 2.22. The van der Waals surface area contributed by atoms with Gasteiger partial charge in [-0.3, -0.25) is 14.9 Å². The first-order chi connectivity index (χ1) is 8.97. The Morgan fingerprint density at radius 2 is 1.95 bits per heavy atom. The van der Waals surface area contributed by atoms with Gasteiger partial charge in [0.1, 0.15) is 0 Å². The number of aliphatic imine (C=N–C) groups is 1. The molecule has 0 unspecified atom stereocenters. The summed E-state index contributed by atoms with van der Waals surface area (Å²) in [5, 5.41) is 11.2. The Labute approximate surface area is 114 Å². The molecule has 0 aliphatic carbocycles. The third-order valence-corrected chi connectivity index (χ3v) is 3.54. The van der Waals surface area contributed by atoms with Crippen LogP contribution >= 0.6 is 11.8 Å². The molecule has 0 spiro atoms. The van der Waals surface area contributed by atoms with E-state index in [0.29, 0.717) is 10.1 Å². The molecule has 1 aliphatic heterocycles. The van der Waals surface area contributed by atoms with Crippen LogP contribution in [0.15, 0.2) is 34.2 Å². The molecule has 1 aromatic rings. The Morgan fingerprint density at radius 3 is 2.42 bits per heavy atom.